The highest BCUT2D eigenvalue weighted by molar-refractivity contribution is 9.10. The Morgan fingerprint density at radius 2 is 2.21 bits per heavy atom. The van der Waals surface area contributed by atoms with Crippen LogP contribution >= 0.6 is 15.9 Å². The van der Waals surface area contributed by atoms with Crippen LogP contribution in [0.15, 0.2) is 16.6 Å². The molecule has 1 aromatic rings. The minimum atomic E-state index is -0.810. The molecule has 0 amide bonds. The van der Waals surface area contributed by atoms with Gasteiger partial charge in [0.05, 0.1) is 11.6 Å². The van der Waals surface area contributed by atoms with Crippen LogP contribution < -0.4 is 10.5 Å². The number of aliphatic carboxylic acids is 1. The van der Waals surface area contributed by atoms with Gasteiger partial charge in [0.1, 0.15) is 11.6 Å². The fourth-order valence-electron chi connectivity index (χ4n) is 1.81. The van der Waals surface area contributed by atoms with Crippen molar-refractivity contribution in [1.29, 1.82) is 0 Å². The number of benzene rings is 1. The Hall–Kier alpha value is -1.14. The summed E-state index contributed by atoms with van der Waals surface area (Å²) in [5, 5.41) is 8.55. The van der Waals surface area contributed by atoms with Gasteiger partial charge in [0.2, 0.25) is 0 Å². The summed E-state index contributed by atoms with van der Waals surface area (Å²) in [7, 11) is 1.46. The number of ether oxygens (including phenoxy) is 1. The molecule has 0 aliphatic rings. The van der Waals surface area contributed by atoms with Crippen molar-refractivity contribution in [2.24, 2.45) is 5.73 Å². The lowest BCUT2D eigenvalue weighted by Crippen LogP contribution is -2.12. The number of carboxylic acid groups (broad SMARTS) is 1. The summed E-state index contributed by atoms with van der Waals surface area (Å²) < 4.78 is 18.8. The predicted molar refractivity (Wildman–Crippen MR) is 73.7 cm³/mol. The van der Waals surface area contributed by atoms with Crippen molar-refractivity contribution in [1.82, 2.24) is 0 Å². The third kappa shape index (κ3) is 4.80. The van der Waals surface area contributed by atoms with E-state index in [2.05, 4.69) is 15.9 Å². The van der Waals surface area contributed by atoms with Crippen LogP contribution in [0.4, 0.5) is 4.39 Å². The molecule has 1 aromatic carbocycles. The minimum Gasteiger partial charge on any atom is -0.496 e. The van der Waals surface area contributed by atoms with Gasteiger partial charge in [-0.05, 0) is 34.8 Å². The van der Waals surface area contributed by atoms with Crippen LogP contribution in [0.25, 0.3) is 0 Å². The average Bonchev–Trinajstić information content (AvgIpc) is 2.36. The normalized spacial score (nSPS) is 12.2. The number of nitrogens with two attached hydrogens (primary N) is 1. The molecule has 1 rings (SSSR count). The Morgan fingerprint density at radius 3 is 2.79 bits per heavy atom. The topological polar surface area (TPSA) is 72.5 Å². The van der Waals surface area contributed by atoms with E-state index in [9.17, 15) is 9.18 Å². The summed E-state index contributed by atoms with van der Waals surface area (Å²) >= 11 is 3.11. The first kappa shape index (κ1) is 15.9. The SMILES string of the molecule is COc1cc(F)c(Br)cc1C(N)CCCCC(=O)O. The number of carbonyl (C=O) groups is 1. The van der Waals surface area contributed by atoms with Crippen molar-refractivity contribution in [2.45, 2.75) is 31.7 Å². The summed E-state index contributed by atoms with van der Waals surface area (Å²) in [5.74, 6) is -0.805. The number of hydrogen-bond donors (Lipinski definition) is 2. The number of hydrogen-bond acceptors (Lipinski definition) is 3. The van der Waals surface area contributed by atoms with E-state index in [4.69, 9.17) is 15.6 Å². The van der Waals surface area contributed by atoms with E-state index in [1.54, 1.807) is 6.07 Å². The summed E-state index contributed by atoms with van der Waals surface area (Å²) in [6.45, 7) is 0. The van der Waals surface area contributed by atoms with Crippen molar-refractivity contribution in [3.05, 3.63) is 28.0 Å². The monoisotopic (exact) mass is 333 g/mol. The Morgan fingerprint density at radius 1 is 1.53 bits per heavy atom. The molecule has 0 saturated heterocycles. The zero-order chi connectivity index (χ0) is 14.4. The molecule has 0 aliphatic heterocycles. The van der Waals surface area contributed by atoms with E-state index < -0.39 is 11.8 Å². The van der Waals surface area contributed by atoms with Gasteiger partial charge >= 0.3 is 5.97 Å². The summed E-state index contributed by atoms with van der Waals surface area (Å²) in [4.78, 5) is 10.4. The lowest BCUT2D eigenvalue weighted by Gasteiger charge is -2.16. The van der Waals surface area contributed by atoms with Gasteiger partial charge in [-0.25, -0.2) is 4.39 Å². The second kappa shape index (κ2) is 7.45. The molecule has 106 valence electrons. The molecule has 0 saturated carbocycles. The molecule has 1 unspecified atom stereocenters. The van der Waals surface area contributed by atoms with Gasteiger partial charge in [-0.1, -0.05) is 6.42 Å². The third-order valence-electron chi connectivity index (χ3n) is 2.83. The van der Waals surface area contributed by atoms with E-state index in [1.165, 1.54) is 13.2 Å². The van der Waals surface area contributed by atoms with Crippen LogP contribution in [0, 0.1) is 5.82 Å². The van der Waals surface area contributed by atoms with Crippen molar-refractivity contribution in [3.8, 4) is 5.75 Å². The lowest BCUT2D eigenvalue weighted by molar-refractivity contribution is -0.137. The van der Waals surface area contributed by atoms with Crippen LogP contribution in [-0.4, -0.2) is 18.2 Å². The third-order valence-corrected chi connectivity index (χ3v) is 3.44. The maximum Gasteiger partial charge on any atom is 0.303 e. The summed E-state index contributed by atoms with van der Waals surface area (Å²) in [6.07, 6.45) is 2.04. The molecule has 4 nitrogen and oxygen atoms in total. The Kier molecular flexibility index (Phi) is 6.24. The lowest BCUT2D eigenvalue weighted by atomic mass is 10.00. The van der Waals surface area contributed by atoms with Crippen LogP contribution in [0.5, 0.6) is 5.75 Å². The second-order valence-electron chi connectivity index (χ2n) is 4.25. The Labute approximate surface area is 119 Å². The molecule has 0 bridgehead atoms. The molecular weight excluding hydrogens is 317 g/mol. The van der Waals surface area contributed by atoms with Gasteiger partial charge < -0.3 is 15.6 Å². The predicted octanol–water partition coefficient (Wildman–Crippen LogP) is 3.24. The Balaban J connectivity index is 2.67. The first-order chi connectivity index (χ1) is 8.95. The summed E-state index contributed by atoms with van der Waals surface area (Å²) in [6, 6.07) is 2.59. The van der Waals surface area contributed by atoms with Gasteiger partial charge in [0.15, 0.2) is 0 Å². The number of methoxy groups -OCH3 is 1. The van der Waals surface area contributed by atoms with E-state index in [1.807, 2.05) is 0 Å². The van der Waals surface area contributed by atoms with E-state index in [-0.39, 0.29) is 12.5 Å². The highest BCUT2D eigenvalue weighted by atomic mass is 79.9. The molecule has 0 fully saturated rings. The fraction of sp³-hybridized carbons (Fsp3) is 0.462. The highest BCUT2D eigenvalue weighted by Crippen LogP contribution is 2.31. The first-order valence-electron chi connectivity index (χ1n) is 5.96. The smallest absolute Gasteiger partial charge is 0.303 e. The van der Waals surface area contributed by atoms with Crippen LogP contribution in [0.1, 0.15) is 37.3 Å². The molecular formula is C13H17BrFNO3. The average molecular weight is 334 g/mol. The zero-order valence-corrected chi connectivity index (χ0v) is 12.2. The highest BCUT2D eigenvalue weighted by Gasteiger charge is 2.15. The number of unbranched alkanes of at least 4 members (excludes halogenated alkanes) is 1. The maximum atomic E-state index is 13.4. The second-order valence-corrected chi connectivity index (χ2v) is 5.11. The van der Waals surface area contributed by atoms with Gasteiger partial charge in [0.25, 0.3) is 0 Å². The zero-order valence-electron chi connectivity index (χ0n) is 10.7. The van der Waals surface area contributed by atoms with Gasteiger partial charge in [-0.3, -0.25) is 4.79 Å². The van der Waals surface area contributed by atoms with Crippen molar-refractivity contribution < 1.29 is 19.0 Å². The van der Waals surface area contributed by atoms with Gasteiger partial charge in [-0.15, -0.1) is 0 Å². The molecule has 0 radical (unpaired) electrons. The van der Waals surface area contributed by atoms with E-state index in [0.717, 1.165) is 0 Å². The number of halogens is 2. The number of rotatable bonds is 7. The minimum absolute atomic E-state index is 0.136. The molecule has 3 N–H and O–H groups in total. The first-order valence-corrected chi connectivity index (χ1v) is 6.75. The molecule has 0 heterocycles. The largest absolute Gasteiger partial charge is 0.496 e. The van der Waals surface area contributed by atoms with Crippen molar-refractivity contribution in [2.75, 3.05) is 7.11 Å². The quantitative estimate of drug-likeness (QED) is 0.751. The van der Waals surface area contributed by atoms with Crippen LogP contribution in [0.2, 0.25) is 0 Å². The Bertz CT molecular complexity index is 454. The standard InChI is InChI=1S/C13H17BrFNO3/c1-19-12-7-10(15)9(14)6-8(12)11(16)4-2-3-5-13(17)18/h6-7,11H,2-5,16H2,1H3,(H,17,18). The van der Waals surface area contributed by atoms with Gasteiger partial charge in [0, 0.05) is 24.1 Å². The van der Waals surface area contributed by atoms with Crippen molar-refractivity contribution in [3.63, 3.8) is 0 Å². The fourth-order valence-corrected chi connectivity index (χ4v) is 2.17. The molecule has 19 heavy (non-hydrogen) atoms. The van der Waals surface area contributed by atoms with E-state index in [0.29, 0.717) is 35.0 Å². The van der Waals surface area contributed by atoms with E-state index >= 15 is 0 Å². The van der Waals surface area contributed by atoms with Crippen LogP contribution in [0.3, 0.4) is 0 Å². The summed E-state index contributed by atoms with van der Waals surface area (Å²) in [5.41, 5.74) is 6.75. The van der Waals surface area contributed by atoms with Crippen molar-refractivity contribution >= 4 is 21.9 Å². The number of carboxylic acids is 1. The maximum absolute atomic E-state index is 13.4. The molecule has 0 aromatic heterocycles. The molecule has 0 aliphatic carbocycles. The molecule has 0 spiro atoms. The molecule has 6 heteroatoms. The molecule has 1 atom stereocenters. The van der Waals surface area contributed by atoms with Gasteiger partial charge in [-0.2, -0.15) is 0 Å². The van der Waals surface area contributed by atoms with Crippen LogP contribution in [-0.2, 0) is 4.79 Å².